The Morgan fingerprint density at radius 2 is 1.56 bits per heavy atom. The van der Waals surface area contributed by atoms with Gasteiger partial charge in [0.15, 0.2) is 5.78 Å². The second kappa shape index (κ2) is 4.48. The molecule has 2 amide bonds. The van der Waals surface area contributed by atoms with E-state index in [1.54, 1.807) is 0 Å². The molecule has 0 N–H and O–H groups in total. The molecule has 1 heterocycles. The van der Waals surface area contributed by atoms with E-state index in [-0.39, 0.29) is 36.0 Å². The number of carbonyl (C=O) groups excluding carboxylic acids is 3. The molecule has 0 spiro atoms. The molecule has 100 valence electrons. The van der Waals surface area contributed by atoms with Crippen LogP contribution >= 0.6 is 0 Å². The molecular formula is C14H21NO3. The number of likely N-dealkylation sites (tertiary alicyclic amines) is 1. The van der Waals surface area contributed by atoms with E-state index in [0.29, 0.717) is 0 Å². The molecule has 0 radical (unpaired) electrons. The normalized spacial score (nSPS) is 28.5. The summed E-state index contributed by atoms with van der Waals surface area (Å²) in [6.07, 6.45) is 3.63. The molecule has 0 aromatic carbocycles. The summed E-state index contributed by atoms with van der Waals surface area (Å²) in [7, 11) is 0. The predicted octanol–water partition coefficient (Wildman–Crippen LogP) is 1.78. The predicted molar refractivity (Wildman–Crippen MR) is 66.6 cm³/mol. The maximum absolute atomic E-state index is 12.2. The topological polar surface area (TPSA) is 54.5 Å². The second-order valence-electron chi connectivity index (χ2n) is 6.43. The summed E-state index contributed by atoms with van der Waals surface area (Å²) in [5.74, 6) is -0.606. The Kier molecular flexibility index (Phi) is 3.30. The van der Waals surface area contributed by atoms with Crippen molar-refractivity contribution in [3.8, 4) is 0 Å². The standard InChI is InChI=1S/C14H21NO3/c1-14(2,3)11(16)8-15-12(17)9-6-4-5-7-10(9)13(15)18/h9-10H,4-8H2,1-3H3/t9-,10-/m0/s1. The quantitative estimate of drug-likeness (QED) is 0.703. The van der Waals surface area contributed by atoms with Crippen LogP contribution in [0.15, 0.2) is 0 Å². The van der Waals surface area contributed by atoms with Gasteiger partial charge in [-0.1, -0.05) is 33.6 Å². The fourth-order valence-corrected chi connectivity index (χ4v) is 2.77. The minimum absolute atomic E-state index is 0.0475. The Labute approximate surface area is 108 Å². The summed E-state index contributed by atoms with van der Waals surface area (Å²) in [4.78, 5) is 37.5. The van der Waals surface area contributed by atoms with Gasteiger partial charge in [0.25, 0.3) is 0 Å². The second-order valence-corrected chi connectivity index (χ2v) is 6.43. The van der Waals surface area contributed by atoms with Crippen LogP contribution in [0.25, 0.3) is 0 Å². The zero-order chi connectivity index (χ0) is 13.5. The van der Waals surface area contributed by atoms with E-state index in [1.165, 1.54) is 4.90 Å². The van der Waals surface area contributed by atoms with Crippen LogP contribution in [0, 0.1) is 17.3 Å². The lowest BCUT2D eigenvalue weighted by molar-refractivity contribution is -0.144. The number of amides is 2. The molecule has 1 saturated heterocycles. The average molecular weight is 251 g/mol. The van der Waals surface area contributed by atoms with E-state index in [9.17, 15) is 14.4 Å². The van der Waals surface area contributed by atoms with Crippen LogP contribution in [0.2, 0.25) is 0 Å². The molecule has 0 aromatic rings. The van der Waals surface area contributed by atoms with Crippen molar-refractivity contribution in [1.82, 2.24) is 4.90 Å². The Balaban J connectivity index is 2.12. The lowest BCUT2D eigenvalue weighted by Gasteiger charge is -2.21. The summed E-state index contributed by atoms with van der Waals surface area (Å²) in [5, 5.41) is 0. The van der Waals surface area contributed by atoms with Crippen molar-refractivity contribution in [2.24, 2.45) is 17.3 Å². The smallest absolute Gasteiger partial charge is 0.233 e. The number of Topliss-reactive ketones (excluding diaryl/α,β-unsaturated/α-hetero) is 1. The van der Waals surface area contributed by atoms with Crippen molar-refractivity contribution in [3.05, 3.63) is 0 Å². The maximum Gasteiger partial charge on any atom is 0.233 e. The van der Waals surface area contributed by atoms with Gasteiger partial charge in [-0.25, -0.2) is 0 Å². The lowest BCUT2D eigenvalue weighted by atomic mass is 9.81. The molecule has 4 heteroatoms. The van der Waals surface area contributed by atoms with Crippen LogP contribution in [0.1, 0.15) is 46.5 Å². The number of hydrogen-bond acceptors (Lipinski definition) is 3. The molecule has 2 atom stereocenters. The summed E-state index contributed by atoms with van der Waals surface area (Å²) in [5.41, 5.74) is -0.506. The van der Waals surface area contributed by atoms with Gasteiger partial charge in [-0.3, -0.25) is 19.3 Å². The van der Waals surface area contributed by atoms with Gasteiger partial charge in [-0.05, 0) is 12.8 Å². The maximum atomic E-state index is 12.2. The molecule has 0 unspecified atom stereocenters. The van der Waals surface area contributed by atoms with Crippen LogP contribution < -0.4 is 0 Å². The molecule has 2 rings (SSSR count). The molecule has 4 nitrogen and oxygen atoms in total. The number of ketones is 1. The minimum Gasteiger partial charge on any atom is -0.297 e. The monoisotopic (exact) mass is 251 g/mol. The lowest BCUT2D eigenvalue weighted by Crippen LogP contribution is -2.40. The SMILES string of the molecule is CC(C)(C)C(=O)CN1C(=O)[C@H]2CCCC[C@@H]2C1=O. The van der Waals surface area contributed by atoms with Crippen molar-refractivity contribution in [1.29, 1.82) is 0 Å². The van der Waals surface area contributed by atoms with Gasteiger partial charge in [-0.2, -0.15) is 0 Å². The number of carbonyl (C=O) groups is 3. The third-order valence-corrected chi connectivity index (χ3v) is 4.07. The highest BCUT2D eigenvalue weighted by molar-refractivity contribution is 6.07. The van der Waals surface area contributed by atoms with E-state index in [0.717, 1.165) is 25.7 Å². The highest BCUT2D eigenvalue weighted by Gasteiger charge is 2.48. The highest BCUT2D eigenvalue weighted by Crippen LogP contribution is 2.38. The third kappa shape index (κ3) is 2.20. The Morgan fingerprint density at radius 1 is 1.11 bits per heavy atom. The summed E-state index contributed by atoms with van der Waals surface area (Å²) in [6, 6.07) is 0. The molecule has 1 saturated carbocycles. The van der Waals surface area contributed by atoms with E-state index in [4.69, 9.17) is 0 Å². The minimum atomic E-state index is -0.506. The van der Waals surface area contributed by atoms with Crippen LogP contribution in [0.3, 0.4) is 0 Å². The Hall–Kier alpha value is -1.19. The van der Waals surface area contributed by atoms with Crippen LogP contribution in [0.5, 0.6) is 0 Å². The van der Waals surface area contributed by atoms with Crippen LogP contribution in [-0.2, 0) is 14.4 Å². The van der Waals surface area contributed by atoms with Crippen LogP contribution in [-0.4, -0.2) is 29.0 Å². The van der Waals surface area contributed by atoms with Crippen LogP contribution in [0.4, 0.5) is 0 Å². The first-order valence-electron chi connectivity index (χ1n) is 6.71. The summed E-state index contributed by atoms with van der Waals surface area (Å²) >= 11 is 0. The molecule has 1 aliphatic carbocycles. The number of nitrogens with zero attached hydrogens (tertiary/aromatic N) is 1. The van der Waals surface area contributed by atoms with Crippen molar-refractivity contribution >= 4 is 17.6 Å². The summed E-state index contributed by atoms with van der Waals surface area (Å²) in [6.45, 7) is 5.39. The number of rotatable bonds is 2. The largest absolute Gasteiger partial charge is 0.297 e. The molecule has 0 aromatic heterocycles. The molecule has 2 fully saturated rings. The molecule has 18 heavy (non-hydrogen) atoms. The zero-order valence-corrected chi connectivity index (χ0v) is 11.4. The Bertz CT molecular complexity index is 370. The van der Waals surface area contributed by atoms with Crippen molar-refractivity contribution in [2.75, 3.05) is 6.54 Å². The average Bonchev–Trinajstić information content (AvgIpc) is 2.54. The van der Waals surface area contributed by atoms with Gasteiger partial charge in [0, 0.05) is 5.41 Å². The molecule has 1 aliphatic heterocycles. The number of hydrogen-bond donors (Lipinski definition) is 0. The summed E-state index contributed by atoms with van der Waals surface area (Å²) < 4.78 is 0. The first-order chi connectivity index (χ1) is 8.32. The zero-order valence-electron chi connectivity index (χ0n) is 11.4. The van der Waals surface area contributed by atoms with E-state index in [2.05, 4.69) is 0 Å². The Morgan fingerprint density at radius 3 is 1.94 bits per heavy atom. The van der Waals surface area contributed by atoms with Gasteiger partial charge in [0.2, 0.25) is 11.8 Å². The van der Waals surface area contributed by atoms with Crippen molar-refractivity contribution in [3.63, 3.8) is 0 Å². The van der Waals surface area contributed by atoms with E-state index in [1.807, 2.05) is 20.8 Å². The fraction of sp³-hybridized carbons (Fsp3) is 0.786. The van der Waals surface area contributed by atoms with Gasteiger partial charge in [0.1, 0.15) is 0 Å². The van der Waals surface area contributed by atoms with E-state index < -0.39 is 5.41 Å². The van der Waals surface area contributed by atoms with E-state index >= 15 is 0 Å². The third-order valence-electron chi connectivity index (χ3n) is 4.07. The number of imide groups is 1. The number of fused-ring (bicyclic) bond motifs is 1. The first kappa shape index (κ1) is 13.2. The first-order valence-corrected chi connectivity index (χ1v) is 6.71. The van der Waals surface area contributed by atoms with Gasteiger partial charge < -0.3 is 0 Å². The van der Waals surface area contributed by atoms with Gasteiger partial charge >= 0.3 is 0 Å². The van der Waals surface area contributed by atoms with Crippen molar-refractivity contribution < 1.29 is 14.4 Å². The molecule has 2 aliphatic rings. The molecular weight excluding hydrogens is 230 g/mol. The van der Waals surface area contributed by atoms with Crippen molar-refractivity contribution in [2.45, 2.75) is 46.5 Å². The highest BCUT2D eigenvalue weighted by atomic mass is 16.2. The molecule has 0 bridgehead atoms. The van der Waals surface area contributed by atoms with Gasteiger partial charge in [0.05, 0.1) is 18.4 Å². The fourth-order valence-electron chi connectivity index (χ4n) is 2.77. The van der Waals surface area contributed by atoms with Gasteiger partial charge in [-0.15, -0.1) is 0 Å².